The van der Waals surface area contributed by atoms with Crippen molar-refractivity contribution in [1.82, 2.24) is 0 Å². The van der Waals surface area contributed by atoms with Gasteiger partial charge in [0.05, 0.1) is 6.61 Å². The van der Waals surface area contributed by atoms with Crippen LogP contribution in [0.25, 0.3) is 11.1 Å². The lowest BCUT2D eigenvalue weighted by molar-refractivity contribution is -0.250. The van der Waals surface area contributed by atoms with E-state index in [1.807, 2.05) is 0 Å². The van der Waals surface area contributed by atoms with Crippen molar-refractivity contribution in [2.45, 2.75) is 43.5 Å². The van der Waals surface area contributed by atoms with E-state index in [-0.39, 0.29) is 0 Å². The summed E-state index contributed by atoms with van der Waals surface area (Å²) in [5, 5.41) is 49.9. The minimum Gasteiger partial charge on any atom is -0.394 e. The molecule has 0 aliphatic carbocycles. The summed E-state index contributed by atoms with van der Waals surface area (Å²) >= 11 is 0. The van der Waals surface area contributed by atoms with Crippen molar-refractivity contribution in [3.05, 3.63) is 59.2 Å². The molecule has 8 heteroatoms. The van der Waals surface area contributed by atoms with Crippen LogP contribution in [0.2, 0.25) is 0 Å². The topological polar surface area (TPSA) is 110 Å². The molecule has 0 amide bonds. The van der Waals surface area contributed by atoms with Gasteiger partial charge in [0, 0.05) is 6.07 Å². The second-order valence-corrected chi connectivity index (χ2v) is 6.97. The lowest BCUT2D eigenvalue weighted by Gasteiger charge is -2.42. The van der Waals surface area contributed by atoms with Gasteiger partial charge in [-0.25, -0.2) is 8.78 Å². The summed E-state index contributed by atoms with van der Waals surface area (Å²) in [5.74, 6) is -1.42. The Labute approximate surface area is 160 Å². The minimum absolute atomic E-state index is 0.328. The molecule has 0 radical (unpaired) electrons. The number of hydrogen-bond donors (Lipinski definition) is 5. The summed E-state index contributed by atoms with van der Waals surface area (Å²) in [6.45, 7) is 1.07. The molecule has 5 N–H and O–H groups in total. The van der Waals surface area contributed by atoms with E-state index >= 15 is 0 Å². The van der Waals surface area contributed by atoms with Crippen LogP contribution in [0.4, 0.5) is 8.78 Å². The van der Waals surface area contributed by atoms with Gasteiger partial charge in [0.15, 0.2) is 0 Å². The van der Waals surface area contributed by atoms with E-state index in [0.717, 1.165) is 6.07 Å². The average molecular weight is 396 g/mol. The quantitative estimate of drug-likeness (QED) is 0.523. The zero-order valence-corrected chi connectivity index (χ0v) is 15.0. The molecule has 0 unspecified atom stereocenters. The summed E-state index contributed by atoms with van der Waals surface area (Å²) < 4.78 is 32.3. The number of aliphatic hydroxyl groups excluding tert-OH is 5. The molecule has 6 atom stereocenters. The molecule has 1 fully saturated rings. The number of benzene rings is 2. The summed E-state index contributed by atoms with van der Waals surface area (Å²) in [6, 6.07) is 7.85. The highest BCUT2D eigenvalue weighted by Gasteiger charge is 2.46. The summed E-state index contributed by atoms with van der Waals surface area (Å²) in [4.78, 5) is 0. The lowest BCUT2D eigenvalue weighted by atomic mass is 9.88. The number of rotatable bonds is 4. The first-order valence-electron chi connectivity index (χ1n) is 8.78. The predicted octanol–water partition coefficient (Wildman–Crippen LogP) is 0.816. The maximum Gasteiger partial charge on any atom is 0.126 e. The molecule has 6 nitrogen and oxygen atoms in total. The first kappa shape index (κ1) is 20.8. The van der Waals surface area contributed by atoms with Crippen LogP contribution in [0.15, 0.2) is 36.4 Å². The van der Waals surface area contributed by atoms with Gasteiger partial charge in [0.1, 0.15) is 48.3 Å². The number of aryl methyl sites for hydroxylation is 1. The van der Waals surface area contributed by atoms with Crippen molar-refractivity contribution in [1.29, 1.82) is 0 Å². The molecular formula is C20H22F2O6. The van der Waals surface area contributed by atoms with Gasteiger partial charge in [0.2, 0.25) is 0 Å². The monoisotopic (exact) mass is 396 g/mol. The van der Waals surface area contributed by atoms with Crippen LogP contribution < -0.4 is 0 Å². The zero-order chi connectivity index (χ0) is 20.6. The molecule has 28 heavy (non-hydrogen) atoms. The van der Waals surface area contributed by atoms with Crippen molar-refractivity contribution < 1.29 is 39.1 Å². The summed E-state index contributed by atoms with van der Waals surface area (Å²) in [5.41, 5.74) is 1.78. The van der Waals surface area contributed by atoms with E-state index in [4.69, 9.17) is 4.74 Å². The lowest BCUT2D eigenvalue weighted by Crippen LogP contribution is -2.59. The molecule has 152 valence electrons. The zero-order valence-electron chi connectivity index (χ0n) is 15.0. The molecule has 3 rings (SSSR count). The average Bonchev–Trinajstić information content (AvgIpc) is 2.65. The number of aliphatic hydroxyl groups is 5. The van der Waals surface area contributed by atoms with Crippen LogP contribution in [-0.2, 0) is 4.74 Å². The highest BCUT2D eigenvalue weighted by molar-refractivity contribution is 5.65. The highest BCUT2D eigenvalue weighted by Crippen LogP contribution is 2.33. The van der Waals surface area contributed by atoms with Gasteiger partial charge in [-0.15, -0.1) is 0 Å². The molecule has 0 saturated carbocycles. The van der Waals surface area contributed by atoms with Crippen LogP contribution in [0.1, 0.15) is 17.2 Å². The Morgan fingerprint density at radius 2 is 1.57 bits per heavy atom. The Hall–Kier alpha value is -1.94. The summed E-state index contributed by atoms with van der Waals surface area (Å²) in [6.07, 6.45) is -8.48. The van der Waals surface area contributed by atoms with Gasteiger partial charge in [-0.3, -0.25) is 0 Å². The number of ether oxygens (including phenoxy) is 1. The van der Waals surface area contributed by atoms with Gasteiger partial charge in [-0.05, 0) is 41.3 Å². The van der Waals surface area contributed by atoms with Gasteiger partial charge in [-0.1, -0.05) is 18.2 Å². The standard InChI is InChI=1S/C20H22F2O6/c1-9-4-10(11-5-12(21)7-13(22)6-11)2-3-14(9)16(24)20-19(27)18(26)17(25)15(8-23)28-20/h2-7,15-20,23-27H,8H2,1H3/t15-,16-,17-,18+,19+,20-/m1/s1. The molecule has 0 aromatic heterocycles. The fraction of sp³-hybridized carbons (Fsp3) is 0.400. The fourth-order valence-electron chi connectivity index (χ4n) is 3.48. The molecule has 1 aliphatic heterocycles. The Bertz CT molecular complexity index is 823. The van der Waals surface area contributed by atoms with Crippen molar-refractivity contribution in [3.8, 4) is 11.1 Å². The van der Waals surface area contributed by atoms with Gasteiger partial charge in [-0.2, -0.15) is 0 Å². The van der Waals surface area contributed by atoms with Gasteiger partial charge >= 0.3 is 0 Å². The second-order valence-electron chi connectivity index (χ2n) is 6.97. The number of hydrogen-bond acceptors (Lipinski definition) is 6. The van der Waals surface area contributed by atoms with Crippen molar-refractivity contribution in [2.24, 2.45) is 0 Å². The van der Waals surface area contributed by atoms with E-state index in [0.29, 0.717) is 22.3 Å². The third-order valence-corrected chi connectivity index (χ3v) is 5.02. The SMILES string of the molecule is Cc1cc(-c2cc(F)cc(F)c2)ccc1[C@@H](O)[C@H]1O[C@H](CO)[C@@H](O)[C@H](O)[C@@H]1O. The molecule has 1 aliphatic rings. The van der Waals surface area contributed by atoms with Crippen molar-refractivity contribution in [3.63, 3.8) is 0 Å². The molecule has 0 spiro atoms. The molecule has 2 aromatic carbocycles. The van der Waals surface area contributed by atoms with E-state index in [1.165, 1.54) is 18.2 Å². The third-order valence-electron chi connectivity index (χ3n) is 5.02. The van der Waals surface area contributed by atoms with Gasteiger partial charge < -0.3 is 30.3 Å². The Kier molecular flexibility index (Phi) is 6.09. The van der Waals surface area contributed by atoms with Crippen LogP contribution in [0.3, 0.4) is 0 Å². The van der Waals surface area contributed by atoms with E-state index in [9.17, 15) is 34.3 Å². The second kappa shape index (κ2) is 8.20. The molecule has 0 bridgehead atoms. The molecular weight excluding hydrogens is 374 g/mol. The molecule has 1 saturated heterocycles. The maximum absolute atomic E-state index is 13.5. The molecule has 1 heterocycles. The van der Waals surface area contributed by atoms with Crippen LogP contribution in [-0.4, -0.2) is 62.7 Å². The normalized spacial score (nSPS) is 28.9. The Morgan fingerprint density at radius 1 is 0.929 bits per heavy atom. The van der Waals surface area contributed by atoms with Crippen molar-refractivity contribution >= 4 is 0 Å². The predicted molar refractivity (Wildman–Crippen MR) is 95.3 cm³/mol. The fourth-order valence-corrected chi connectivity index (χ4v) is 3.48. The summed E-state index contributed by atoms with van der Waals surface area (Å²) in [7, 11) is 0. The number of halogens is 2. The van der Waals surface area contributed by atoms with Crippen LogP contribution >= 0.6 is 0 Å². The van der Waals surface area contributed by atoms with Crippen molar-refractivity contribution in [2.75, 3.05) is 6.61 Å². The highest BCUT2D eigenvalue weighted by atomic mass is 19.1. The van der Waals surface area contributed by atoms with Crippen LogP contribution in [0, 0.1) is 18.6 Å². The van der Waals surface area contributed by atoms with E-state index in [1.54, 1.807) is 19.1 Å². The first-order valence-corrected chi connectivity index (χ1v) is 8.78. The largest absolute Gasteiger partial charge is 0.394 e. The smallest absolute Gasteiger partial charge is 0.126 e. The van der Waals surface area contributed by atoms with E-state index < -0.39 is 54.9 Å². The van der Waals surface area contributed by atoms with E-state index in [2.05, 4.69) is 0 Å². The Balaban J connectivity index is 1.89. The Morgan fingerprint density at radius 3 is 2.14 bits per heavy atom. The van der Waals surface area contributed by atoms with Crippen LogP contribution in [0.5, 0.6) is 0 Å². The van der Waals surface area contributed by atoms with Gasteiger partial charge in [0.25, 0.3) is 0 Å². The first-order chi connectivity index (χ1) is 13.2. The molecule has 2 aromatic rings. The third kappa shape index (κ3) is 3.93. The minimum atomic E-state index is -1.60. The maximum atomic E-state index is 13.5.